The average molecular weight is 178 g/mol. The van der Waals surface area contributed by atoms with E-state index in [4.69, 9.17) is 0 Å². The van der Waals surface area contributed by atoms with Crippen LogP contribution in [0.1, 0.15) is 25.0 Å². The number of hydrogen-bond donors (Lipinski definition) is 1. The van der Waals surface area contributed by atoms with Gasteiger partial charge < -0.3 is 0 Å². The molecule has 0 aromatic heterocycles. The second-order valence-electron chi connectivity index (χ2n) is 3.26. The van der Waals surface area contributed by atoms with Gasteiger partial charge in [0, 0.05) is 4.90 Å². The molecule has 1 aromatic carbocycles. The fourth-order valence-corrected chi connectivity index (χ4v) is 1.31. The van der Waals surface area contributed by atoms with Crippen LogP contribution in [0.15, 0.2) is 28.7 Å². The largest absolute Gasteiger partial charge is 0.143 e. The Morgan fingerprint density at radius 1 is 1.33 bits per heavy atom. The van der Waals surface area contributed by atoms with E-state index in [1.54, 1.807) is 0 Å². The number of allylic oxidation sites excluding steroid dienone is 1. The summed E-state index contributed by atoms with van der Waals surface area (Å²) in [7, 11) is 0. The van der Waals surface area contributed by atoms with Crippen LogP contribution in [-0.4, -0.2) is 0 Å². The third-order valence-electron chi connectivity index (χ3n) is 1.71. The molecule has 0 saturated carbocycles. The van der Waals surface area contributed by atoms with Crippen LogP contribution < -0.4 is 0 Å². The minimum atomic E-state index is 1.02. The highest BCUT2D eigenvalue weighted by Gasteiger charge is 1.94. The fraction of sp³-hybridized carbons (Fsp3) is 0.273. The first-order valence-electron chi connectivity index (χ1n) is 4.04. The van der Waals surface area contributed by atoms with Gasteiger partial charge in [-0.2, -0.15) is 0 Å². The highest BCUT2D eigenvalue weighted by Crippen LogP contribution is 2.16. The van der Waals surface area contributed by atoms with Gasteiger partial charge in [0.25, 0.3) is 0 Å². The molecule has 0 fully saturated rings. The molecule has 0 nitrogen and oxygen atoms in total. The van der Waals surface area contributed by atoms with Gasteiger partial charge >= 0.3 is 0 Å². The monoisotopic (exact) mass is 178 g/mol. The molecule has 1 aromatic rings. The molecule has 0 saturated heterocycles. The number of hydrogen-bond acceptors (Lipinski definition) is 1. The van der Waals surface area contributed by atoms with Gasteiger partial charge in [-0.05, 0) is 44.0 Å². The standard InChI is InChI=1S/C11H14S/c1-8(2)6-10-7-11(12)5-4-9(10)3/h4-7,12H,1-3H3. The molecule has 12 heavy (non-hydrogen) atoms. The topological polar surface area (TPSA) is 0 Å². The quantitative estimate of drug-likeness (QED) is 0.623. The van der Waals surface area contributed by atoms with E-state index in [2.05, 4.69) is 51.6 Å². The van der Waals surface area contributed by atoms with Gasteiger partial charge in [0.15, 0.2) is 0 Å². The van der Waals surface area contributed by atoms with Gasteiger partial charge in [-0.25, -0.2) is 0 Å². The minimum Gasteiger partial charge on any atom is -0.143 e. The molecule has 0 atom stereocenters. The van der Waals surface area contributed by atoms with E-state index in [1.807, 2.05) is 6.07 Å². The second kappa shape index (κ2) is 3.81. The first-order chi connectivity index (χ1) is 5.59. The molecule has 0 unspecified atom stereocenters. The summed E-state index contributed by atoms with van der Waals surface area (Å²) in [5.74, 6) is 0. The lowest BCUT2D eigenvalue weighted by molar-refractivity contribution is 1.34. The zero-order chi connectivity index (χ0) is 9.14. The Bertz CT molecular complexity index is 307. The zero-order valence-electron chi connectivity index (χ0n) is 7.76. The molecule has 0 heterocycles. The van der Waals surface area contributed by atoms with E-state index < -0.39 is 0 Å². The third-order valence-corrected chi connectivity index (χ3v) is 1.99. The van der Waals surface area contributed by atoms with Gasteiger partial charge in [-0.3, -0.25) is 0 Å². The third kappa shape index (κ3) is 2.42. The van der Waals surface area contributed by atoms with Crippen LogP contribution in [0.3, 0.4) is 0 Å². The Hall–Kier alpha value is -0.690. The molecular weight excluding hydrogens is 164 g/mol. The SMILES string of the molecule is CC(C)=Cc1cc(S)ccc1C. The molecule has 64 valence electrons. The Labute approximate surface area is 79.7 Å². The van der Waals surface area contributed by atoms with E-state index >= 15 is 0 Å². The normalized spacial score (nSPS) is 9.67. The van der Waals surface area contributed by atoms with E-state index in [-0.39, 0.29) is 0 Å². The second-order valence-corrected chi connectivity index (χ2v) is 3.78. The molecular formula is C11H14S. The molecule has 0 amide bonds. The lowest BCUT2D eigenvalue weighted by Crippen LogP contribution is -1.80. The summed E-state index contributed by atoms with van der Waals surface area (Å²) in [6.07, 6.45) is 2.18. The predicted octanol–water partition coefficient (Wildman–Crippen LogP) is 3.71. The molecule has 0 spiro atoms. The summed E-state index contributed by atoms with van der Waals surface area (Å²) in [6, 6.07) is 6.20. The van der Waals surface area contributed by atoms with Crippen molar-refractivity contribution in [2.45, 2.75) is 25.7 Å². The van der Waals surface area contributed by atoms with Crippen LogP contribution in [0, 0.1) is 6.92 Å². The average Bonchev–Trinajstić information content (AvgIpc) is 1.96. The van der Waals surface area contributed by atoms with Crippen LogP contribution in [0.25, 0.3) is 6.08 Å². The van der Waals surface area contributed by atoms with Crippen molar-refractivity contribution in [3.05, 3.63) is 34.9 Å². The first-order valence-corrected chi connectivity index (χ1v) is 4.49. The number of benzene rings is 1. The van der Waals surface area contributed by atoms with E-state index in [0.29, 0.717) is 0 Å². The summed E-state index contributed by atoms with van der Waals surface area (Å²) in [5, 5.41) is 0. The molecule has 0 aliphatic heterocycles. The Morgan fingerprint density at radius 2 is 2.00 bits per heavy atom. The maximum Gasteiger partial charge on any atom is 0.00461 e. The maximum atomic E-state index is 4.29. The van der Waals surface area contributed by atoms with Crippen molar-refractivity contribution < 1.29 is 0 Å². The van der Waals surface area contributed by atoms with Gasteiger partial charge in [-0.15, -0.1) is 12.6 Å². The summed E-state index contributed by atoms with van der Waals surface area (Å²) in [6.45, 7) is 6.32. The van der Waals surface area contributed by atoms with Crippen LogP contribution >= 0.6 is 12.6 Å². The van der Waals surface area contributed by atoms with Crippen molar-refractivity contribution in [1.29, 1.82) is 0 Å². The number of aryl methyl sites for hydroxylation is 1. The lowest BCUT2D eigenvalue weighted by atomic mass is 10.1. The van der Waals surface area contributed by atoms with E-state index in [0.717, 1.165) is 4.90 Å². The van der Waals surface area contributed by atoms with Crippen molar-refractivity contribution in [3.63, 3.8) is 0 Å². The Morgan fingerprint density at radius 3 is 2.58 bits per heavy atom. The first kappa shape index (κ1) is 9.40. The van der Waals surface area contributed by atoms with E-state index in [1.165, 1.54) is 16.7 Å². The summed E-state index contributed by atoms with van der Waals surface area (Å²) >= 11 is 4.29. The van der Waals surface area contributed by atoms with Gasteiger partial charge in [0.05, 0.1) is 0 Å². The zero-order valence-corrected chi connectivity index (χ0v) is 8.65. The van der Waals surface area contributed by atoms with Crippen molar-refractivity contribution in [1.82, 2.24) is 0 Å². The highest BCUT2D eigenvalue weighted by molar-refractivity contribution is 7.80. The van der Waals surface area contributed by atoms with Gasteiger partial charge in [0.2, 0.25) is 0 Å². The number of thiol groups is 1. The molecule has 0 aliphatic carbocycles. The van der Waals surface area contributed by atoms with Crippen LogP contribution in [0.2, 0.25) is 0 Å². The van der Waals surface area contributed by atoms with Crippen LogP contribution in [-0.2, 0) is 0 Å². The predicted molar refractivity (Wildman–Crippen MR) is 57.8 cm³/mol. The fourth-order valence-electron chi connectivity index (χ4n) is 1.09. The molecule has 0 bridgehead atoms. The van der Waals surface area contributed by atoms with Crippen LogP contribution in [0.4, 0.5) is 0 Å². The molecule has 1 rings (SSSR count). The maximum absolute atomic E-state index is 4.29. The molecule has 0 aliphatic rings. The van der Waals surface area contributed by atoms with Crippen molar-refractivity contribution >= 4 is 18.7 Å². The molecule has 0 N–H and O–H groups in total. The Kier molecular flexibility index (Phi) is 2.99. The van der Waals surface area contributed by atoms with Gasteiger partial charge in [0.1, 0.15) is 0 Å². The van der Waals surface area contributed by atoms with E-state index in [9.17, 15) is 0 Å². The molecule has 0 radical (unpaired) electrons. The highest BCUT2D eigenvalue weighted by atomic mass is 32.1. The summed E-state index contributed by atoms with van der Waals surface area (Å²) in [5.41, 5.74) is 3.88. The van der Waals surface area contributed by atoms with Crippen molar-refractivity contribution in [2.24, 2.45) is 0 Å². The summed E-state index contributed by atoms with van der Waals surface area (Å²) in [4.78, 5) is 1.02. The summed E-state index contributed by atoms with van der Waals surface area (Å²) < 4.78 is 0. The number of rotatable bonds is 1. The van der Waals surface area contributed by atoms with Crippen molar-refractivity contribution in [2.75, 3.05) is 0 Å². The molecule has 1 heteroatoms. The van der Waals surface area contributed by atoms with Gasteiger partial charge in [-0.1, -0.05) is 17.7 Å². The van der Waals surface area contributed by atoms with Crippen molar-refractivity contribution in [3.8, 4) is 0 Å². The smallest absolute Gasteiger partial charge is 0.00461 e. The Balaban J connectivity index is 3.14. The lowest BCUT2D eigenvalue weighted by Gasteiger charge is -2.01. The minimum absolute atomic E-state index is 1.02. The van der Waals surface area contributed by atoms with Crippen LogP contribution in [0.5, 0.6) is 0 Å².